The lowest BCUT2D eigenvalue weighted by molar-refractivity contribution is 0.0992. The third-order valence-electron chi connectivity index (χ3n) is 2.85. The molecule has 0 saturated carbocycles. The van der Waals surface area contributed by atoms with Gasteiger partial charge in [-0.1, -0.05) is 12.1 Å². The van der Waals surface area contributed by atoms with Gasteiger partial charge in [-0.15, -0.1) is 11.3 Å². The molecule has 0 fully saturated rings. The molecule has 0 radical (unpaired) electrons. The number of carbonyl (C=O) groups excluding carboxylic acids is 1. The zero-order valence-electron chi connectivity index (χ0n) is 11.4. The number of aromatic nitrogens is 1. The second-order valence-electron chi connectivity index (χ2n) is 4.31. The molecule has 0 aliphatic rings. The van der Waals surface area contributed by atoms with Gasteiger partial charge in [0.25, 0.3) is 0 Å². The first-order chi connectivity index (χ1) is 9.10. The fourth-order valence-electron chi connectivity index (χ4n) is 1.78. The average molecular weight is 275 g/mol. The summed E-state index contributed by atoms with van der Waals surface area (Å²) in [4.78, 5) is 17.8. The molecule has 2 rings (SSSR count). The van der Waals surface area contributed by atoms with Crippen LogP contribution in [0.2, 0.25) is 0 Å². The second kappa shape index (κ2) is 5.97. The maximum absolute atomic E-state index is 12.2. The van der Waals surface area contributed by atoms with Gasteiger partial charge in [-0.2, -0.15) is 0 Å². The van der Waals surface area contributed by atoms with Crippen LogP contribution in [-0.4, -0.2) is 17.4 Å². The van der Waals surface area contributed by atoms with Crippen molar-refractivity contribution in [2.45, 2.75) is 27.2 Å². The molecular weight excluding hydrogens is 258 g/mol. The molecule has 100 valence electrons. The number of nitrogens with zero attached hydrogens (tertiary/aromatic N) is 1. The Balaban J connectivity index is 2.13. The summed E-state index contributed by atoms with van der Waals surface area (Å²) in [5.41, 5.74) is 1.69. The average Bonchev–Trinajstić information content (AvgIpc) is 2.69. The molecular formula is C15H17NO2S. The minimum atomic E-state index is 0.0790. The summed E-state index contributed by atoms with van der Waals surface area (Å²) in [6, 6.07) is 7.31. The lowest BCUT2D eigenvalue weighted by Gasteiger charge is -2.04. The highest BCUT2D eigenvalue weighted by Gasteiger charge is 2.12. The van der Waals surface area contributed by atoms with Crippen LogP contribution in [0, 0.1) is 13.8 Å². The van der Waals surface area contributed by atoms with Crippen LogP contribution in [0.1, 0.15) is 32.9 Å². The van der Waals surface area contributed by atoms with Crippen LogP contribution < -0.4 is 4.74 Å². The summed E-state index contributed by atoms with van der Waals surface area (Å²) in [5.74, 6) is 0.815. The normalized spacial score (nSPS) is 10.5. The van der Waals surface area contributed by atoms with Crippen molar-refractivity contribution >= 4 is 17.1 Å². The number of ether oxygens (including phenoxy) is 1. The van der Waals surface area contributed by atoms with Crippen LogP contribution in [0.3, 0.4) is 0 Å². The Morgan fingerprint density at radius 3 is 2.79 bits per heavy atom. The van der Waals surface area contributed by atoms with Gasteiger partial charge in [0.1, 0.15) is 10.8 Å². The van der Waals surface area contributed by atoms with Crippen molar-refractivity contribution in [1.29, 1.82) is 0 Å². The highest BCUT2D eigenvalue weighted by atomic mass is 32.1. The predicted octanol–water partition coefficient (Wildman–Crippen LogP) is 3.58. The molecule has 0 bridgehead atoms. The van der Waals surface area contributed by atoms with E-state index in [2.05, 4.69) is 4.98 Å². The van der Waals surface area contributed by atoms with E-state index in [1.807, 2.05) is 39.0 Å². The molecule has 1 heterocycles. The third kappa shape index (κ3) is 3.41. The van der Waals surface area contributed by atoms with Crippen molar-refractivity contribution in [3.63, 3.8) is 0 Å². The van der Waals surface area contributed by atoms with E-state index in [1.165, 1.54) is 4.88 Å². The minimum absolute atomic E-state index is 0.0790. The predicted molar refractivity (Wildman–Crippen MR) is 77.2 cm³/mol. The number of benzene rings is 1. The van der Waals surface area contributed by atoms with Crippen LogP contribution in [0.25, 0.3) is 0 Å². The molecule has 19 heavy (non-hydrogen) atoms. The molecule has 0 unspecified atom stereocenters. The van der Waals surface area contributed by atoms with E-state index in [0.29, 0.717) is 18.6 Å². The fourth-order valence-corrected chi connectivity index (χ4v) is 2.71. The van der Waals surface area contributed by atoms with Crippen LogP contribution in [0.5, 0.6) is 5.75 Å². The summed E-state index contributed by atoms with van der Waals surface area (Å²) in [5, 5.41) is 0.877. The molecule has 0 N–H and O–H groups in total. The van der Waals surface area contributed by atoms with Gasteiger partial charge in [-0.25, -0.2) is 4.98 Å². The van der Waals surface area contributed by atoms with E-state index >= 15 is 0 Å². The molecule has 4 heteroatoms. The summed E-state index contributed by atoms with van der Waals surface area (Å²) < 4.78 is 5.40. The number of Topliss-reactive ketones (excluding diaryl/α,β-unsaturated/α-hetero) is 1. The highest BCUT2D eigenvalue weighted by Crippen LogP contribution is 2.20. The first-order valence-electron chi connectivity index (χ1n) is 6.29. The van der Waals surface area contributed by atoms with Crippen molar-refractivity contribution in [1.82, 2.24) is 4.98 Å². The quantitative estimate of drug-likeness (QED) is 0.783. The number of aryl methyl sites for hydroxylation is 2. The van der Waals surface area contributed by atoms with Crippen molar-refractivity contribution in [2.24, 2.45) is 0 Å². The maximum atomic E-state index is 12.2. The van der Waals surface area contributed by atoms with Crippen molar-refractivity contribution in [3.05, 3.63) is 45.4 Å². The van der Waals surface area contributed by atoms with Crippen LogP contribution >= 0.6 is 11.3 Å². The van der Waals surface area contributed by atoms with E-state index in [4.69, 9.17) is 4.74 Å². The summed E-state index contributed by atoms with van der Waals surface area (Å²) >= 11 is 1.59. The number of carbonyl (C=O) groups is 1. The Morgan fingerprint density at radius 2 is 2.16 bits per heavy atom. The van der Waals surface area contributed by atoms with Crippen molar-refractivity contribution in [2.75, 3.05) is 6.61 Å². The standard InChI is InChI=1S/C15H17NO2S/c1-4-18-13-7-5-6-12(8-13)14(17)9-15-16-10(2)11(3)19-15/h5-8H,4,9H2,1-3H3. The van der Waals surface area contributed by atoms with Crippen LogP contribution in [-0.2, 0) is 6.42 Å². The molecule has 1 aromatic heterocycles. The van der Waals surface area contributed by atoms with Gasteiger partial charge in [-0.3, -0.25) is 4.79 Å². The number of hydrogen-bond acceptors (Lipinski definition) is 4. The highest BCUT2D eigenvalue weighted by molar-refractivity contribution is 7.11. The lowest BCUT2D eigenvalue weighted by Crippen LogP contribution is -2.04. The zero-order chi connectivity index (χ0) is 13.8. The van der Waals surface area contributed by atoms with Gasteiger partial charge in [0, 0.05) is 10.4 Å². The summed E-state index contributed by atoms with van der Waals surface area (Å²) in [6.07, 6.45) is 0.356. The Morgan fingerprint density at radius 1 is 1.37 bits per heavy atom. The van der Waals surface area contributed by atoms with E-state index in [1.54, 1.807) is 17.4 Å². The van der Waals surface area contributed by atoms with Gasteiger partial charge in [0.15, 0.2) is 5.78 Å². The smallest absolute Gasteiger partial charge is 0.169 e. The van der Waals surface area contributed by atoms with Crippen molar-refractivity contribution in [3.8, 4) is 5.75 Å². The summed E-state index contributed by atoms with van der Waals surface area (Å²) in [7, 11) is 0. The van der Waals surface area contributed by atoms with Gasteiger partial charge in [0.05, 0.1) is 18.7 Å². The topological polar surface area (TPSA) is 39.2 Å². The van der Waals surface area contributed by atoms with E-state index in [-0.39, 0.29) is 5.78 Å². The van der Waals surface area contributed by atoms with E-state index in [9.17, 15) is 4.79 Å². The SMILES string of the molecule is CCOc1cccc(C(=O)Cc2nc(C)c(C)s2)c1. The van der Waals surface area contributed by atoms with Gasteiger partial charge >= 0.3 is 0 Å². The van der Waals surface area contributed by atoms with Gasteiger partial charge < -0.3 is 4.74 Å². The van der Waals surface area contributed by atoms with Crippen molar-refractivity contribution < 1.29 is 9.53 Å². The second-order valence-corrected chi connectivity index (χ2v) is 5.60. The van der Waals surface area contributed by atoms with E-state index in [0.717, 1.165) is 16.5 Å². The third-order valence-corrected chi connectivity index (χ3v) is 3.92. The monoisotopic (exact) mass is 275 g/mol. The van der Waals surface area contributed by atoms with E-state index < -0.39 is 0 Å². The van der Waals surface area contributed by atoms with Gasteiger partial charge in [-0.05, 0) is 32.9 Å². The zero-order valence-corrected chi connectivity index (χ0v) is 12.2. The van der Waals surface area contributed by atoms with Gasteiger partial charge in [0.2, 0.25) is 0 Å². The first kappa shape index (κ1) is 13.7. The Labute approximate surface area is 117 Å². The number of ketones is 1. The molecule has 2 aromatic rings. The Kier molecular flexibility index (Phi) is 4.32. The first-order valence-corrected chi connectivity index (χ1v) is 7.10. The molecule has 3 nitrogen and oxygen atoms in total. The molecule has 1 aromatic carbocycles. The molecule has 0 spiro atoms. The number of thiazole rings is 1. The number of rotatable bonds is 5. The molecule has 0 amide bonds. The minimum Gasteiger partial charge on any atom is -0.494 e. The molecule has 0 atom stereocenters. The molecule has 0 saturated heterocycles. The molecule has 0 aliphatic carbocycles. The fraction of sp³-hybridized carbons (Fsp3) is 0.333. The Bertz CT molecular complexity index is 570. The number of hydrogen-bond donors (Lipinski definition) is 0. The Hall–Kier alpha value is -1.68. The summed E-state index contributed by atoms with van der Waals surface area (Å²) in [6.45, 7) is 6.52. The maximum Gasteiger partial charge on any atom is 0.169 e. The largest absolute Gasteiger partial charge is 0.494 e. The lowest BCUT2D eigenvalue weighted by atomic mass is 10.1. The van der Waals surface area contributed by atoms with Crippen LogP contribution in [0.15, 0.2) is 24.3 Å². The van der Waals surface area contributed by atoms with Crippen LogP contribution in [0.4, 0.5) is 0 Å². The molecule has 0 aliphatic heterocycles.